The molecular weight excluding hydrogens is 647 g/mol. The van der Waals surface area contributed by atoms with Crippen LogP contribution in [0.2, 0.25) is 0 Å². The van der Waals surface area contributed by atoms with Gasteiger partial charge >= 0.3 is 21.2 Å². The molecule has 0 atom stereocenters. The number of rotatable bonds is 6. The van der Waals surface area contributed by atoms with Crippen molar-refractivity contribution < 1.29 is 43.7 Å². The lowest BCUT2D eigenvalue weighted by molar-refractivity contribution is -0.597. The Morgan fingerprint density at radius 2 is 1.46 bits per heavy atom. The minimum atomic E-state index is -4.27. The third-order valence-electron chi connectivity index (χ3n) is 5.45. The number of nitrogens with one attached hydrogen (secondary N) is 1. The summed E-state index contributed by atoms with van der Waals surface area (Å²) in [5.74, 6) is 0.731. The summed E-state index contributed by atoms with van der Waals surface area (Å²) in [5, 5.41) is 3.54. The number of amides is 1. The van der Waals surface area contributed by atoms with Crippen LogP contribution in [-0.2, 0) is 10.1 Å². The number of methoxy groups -OCH3 is 1. The number of fused-ring (bicyclic) bond motifs is 1. The van der Waals surface area contributed by atoms with Gasteiger partial charge in [-0.05, 0) is 92.2 Å². The lowest BCUT2D eigenvalue weighted by Crippen LogP contribution is -3.61. The van der Waals surface area contributed by atoms with Crippen LogP contribution < -0.4 is 31.3 Å². The van der Waals surface area contributed by atoms with Gasteiger partial charge in [-0.3, -0.25) is 10.1 Å². The number of nitrogens with zero attached hydrogens (tertiary/aromatic N) is 1. The molecule has 5 aromatic rings. The molecule has 0 fully saturated rings. The van der Waals surface area contributed by atoms with Crippen molar-refractivity contribution in [2.75, 3.05) is 12.4 Å². The number of anilines is 1. The smallest absolute Gasteiger partial charge is 0.357 e. The maximum absolute atomic E-state index is 12.5. The molecule has 39 heavy (non-hydrogen) atoms. The van der Waals surface area contributed by atoms with Crippen molar-refractivity contribution in [3.8, 4) is 5.75 Å². The van der Waals surface area contributed by atoms with Crippen LogP contribution >= 0.6 is 11.3 Å². The third kappa shape index (κ3) is 8.09. The van der Waals surface area contributed by atoms with Crippen molar-refractivity contribution in [1.82, 2.24) is 4.98 Å². The van der Waals surface area contributed by atoms with Crippen molar-refractivity contribution in [1.29, 1.82) is 0 Å². The molecular formula is C29H25IN2O5S2. The summed E-state index contributed by atoms with van der Waals surface area (Å²) in [7, 11) is -2.60. The van der Waals surface area contributed by atoms with E-state index in [2.05, 4.69) is 28.5 Å². The molecule has 0 bridgehead atoms. The molecule has 1 heterocycles. The molecule has 200 valence electrons. The Labute approximate surface area is 241 Å². The minimum absolute atomic E-state index is 0.134. The molecule has 1 N–H and O–H groups in total. The van der Waals surface area contributed by atoms with Crippen molar-refractivity contribution in [3.05, 3.63) is 115 Å². The van der Waals surface area contributed by atoms with Crippen LogP contribution in [0.4, 0.5) is 5.13 Å². The number of aryl methyl sites for hydroxylation is 2. The van der Waals surface area contributed by atoms with Crippen molar-refractivity contribution in [2.45, 2.75) is 18.7 Å². The monoisotopic (exact) mass is 672 g/mol. The van der Waals surface area contributed by atoms with Crippen molar-refractivity contribution in [2.24, 2.45) is 0 Å². The average Bonchev–Trinajstić information content (AvgIpc) is 3.31. The Morgan fingerprint density at radius 3 is 2.05 bits per heavy atom. The molecule has 10 heteroatoms. The predicted molar refractivity (Wildman–Crippen MR) is 148 cm³/mol. The van der Waals surface area contributed by atoms with E-state index in [0.717, 1.165) is 21.5 Å². The van der Waals surface area contributed by atoms with E-state index in [1.807, 2.05) is 62.4 Å². The Morgan fingerprint density at radius 1 is 0.872 bits per heavy atom. The SMILES string of the molecule is COc1ccc([I+]c2ccc(C(=O)Nc3nc4ccc(C)cc4s3)cc2)cc1.Cc1ccc(S(=O)(=O)[O-])cc1. The standard InChI is InChI=1S/C22H17IN2O2S.C7H8O3S/c1-14-3-12-19-20(13-14)28-22(24-19)25-21(26)15-4-6-16(7-5-15)23-17-8-10-18(27-2)11-9-17;1-6-2-4-7(5-3-6)11(8,9)10/h3-13H,1-2H3;2-5H,1H3,(H,8,9,10). The molecule has 7 nitrogen and oxygen atoms in total. The van der Waals surface area contributed by atoms with E-state index >= 15 is 0 Å². The second-order valence-electron chi connectivity index (χ2n) is 8.47. The molecule has 0 saturated carbocycles. The van der Waals surface area contributed by atoms with Gasteiger partial charge in [0.2, 0.25) is 0 Å². The highest BCUT2D eigenvalue weighted by molar-refractivity contribution is 7.85. The van der Waals surface area contributed by atoms with Gasteiger partial charge in [0.05, 0.1) is 22.2 Å². The van der Waals surface area contributed by atoms with E-state index < -0.39 is 10.1 Å². The van der Waals surface area contributed by atoms with Gasteiger partial charge in [0.25, 0.3) is 5.91 Å². The Kier molecular flexibility index (Phi) is 9.33. The van der Waals surface area contributed by atoms with Gasteiger partial charge < -0.3 is 9.29 Å². The van der Waals surface area contributed by atoms with Crippen LogP contribution in [0.3, 0.4) is 0 Å². The first-order valence-corrected chi connectivity index (χ1v) is 16.1. The lowest BCUT2D eigenvalue weighted by Gasteiger charge is -2.05. The van der Waals surface area contributed by atoms with Crippen LogP contribution in [-0.4, -0.2) is 31.0 Å². The van der Waals surface area contributed by atoms with Gasteiger partial charge in [0, 0.05) is 5.56 Å². The van der Waals surface area contributed by atoms with E-state index in [9.17, 15) is 17.8 Å². The quantitative estimate of drug-likeness (QED) is 0.220. The second-order valence-corrected chi connectivity index (χ2v) is 13.9. The van der Waals surface area contributed by atoms with E-state index in [1.54, 1.807) is 19.2 Å². The fourth-order valence-electron chi connectivity index (χ4n) is 3.38. The van der Waals surface area contributed by atoms with Crippen LogP contribution in [0.1, 0.15) is 21.5 Å². The fraction of sp³-hybridized carbons (Fsp3) is 0.103. The summed E-state index contributed by atoms with van der Waals surface area (Å²) in [6.07, 6.45) is 0. The van der Waals surface area contributed by atoms with E-state index in [4.69, 9.17) is 4.74 Å². The number of carbonyl (C=O) groups excluding carboxylic acids is 1. The Balaban J connectivity index is 0.000000270. The molecule has 0 aliphatic carbocycles. The third-order valence-corrected chi connectivity index (χ3v) is 9.92. The summed E-state index contributed by atoms with van der Waals surface area (Å²) >= 11 is 1.21. The fourth-order valence-corrected chi connectivity index (χ4v) is 6.97. The first-order chi connectivity index (χ1) is 18.6. The lowest BCUT2D eigenvalue weighted by atomic mass is 10.2. The van der Waals surface area contributed by atoms with Gasteiger partial charge in [-0.15, -0.1) is 0 Å². The van der Waals surface area contributed by atoms with Gasteiger partial charge in [-0.1, -0.05) is 35.1 Å². The molecule has 0 aliphatic rings. The summed E-state index contributed by atoms with van der Waals surface area (Å²) in [6.45, 7) is 3.87. The van der Waals surface area contributed by atoms with Gasteiger partial charge in [-0.25, -0.2) is 13.4 Å². The number of aromatic nitrogens is 1. The van der Waals surface area contributed by atoms with E-state index in [1.165, 1.54) is 36.2 Å². The number of carbonyl (C=O) groups is 1. The number of thiazole rings is 1. The number of halogens is 1. The first kappa shape index (κ1) is 28.7. The zero-order chi connectivity index (χ0) is 28.0. The minimum Gasteiger partial charge on any atom is -0.744 e. The van der Waals surface area contributed by atoms with Crippen LogP contribution in [0, 0.1) is 21.0 Å². The van der Waals surface area contributed by atoms with Crippen LogP contribution in [0.15, 0.2) is 95.9 Å². The van der Waals surface area contributed by atoms with E-state index in [0.29, 0.717) is 10.7 Å². The Bertz CT molecular complexity index is 1680. The highest BCUT2D eigenvalue weighted by atomic mass is 127. The Hall–Kier alpha value is -3.32. The molecule has 1 amide bonds. The van der Waals surface area contributed by atoms with Crippen LogP contribution in [0.5, 0.6) is 5.75 Å². The zero-order valence-electron chi connectivity index (χ0n) is 21.3. The van der Waals surface area contributed by atoms with Gasteiger partial charge in [0.15, 0.2) is 12.3 Å². The molecule has 5 rings (SSSR count). The molecule has 0 unspecified atom stereocenters. The first-order valence-electron chi connectivity index (χ1n) is 11.7. The molecule has 0 radical (unpaired) electrons. The molecule has 4 aromatic carbocycles. The molecule has 1 aromatic heterocycles. The summed E-state index contributed by atoms with van der Waals surface area (Å²) in [4.78, 5) is 16.9. The number of ether oxygens (including phenoxy) is 1. The number of hydrogen-bond acceptors (Lipinski definition) is 7. The summed E-state index contributed by atoms with van der Waals surface area (Å²) in [5.41, 5.74) is 3.66. The van der Waals surface area contributed by atoms with E-state index in [-0.39, 0.29) is 32.0 Å². The number of hydrogen-bond donors (Lipinski definition) is 1. The number of benzene rings is 4. The molecule has 0 aliphatic heterocycles. The van der Waals surface area contributed by atoms with Crippen molar-refractivity contribution in [3.63, 3.8) is 0 Å². The predicted octanol–water partition coefficient (Wildman–Crippen LogP) is 2.89. The maximum atomic E-state index is 12.5. The summed E-state index contributed by atoms with van der Waals surface area (Å²) in [6, 6.07) is 27.9. The van der Waals surface area contributed by atoms with Crippen LogP contribution in [0.25, 0.3) is 10.2 Å². The summed E-state index contributed by atoms with van der Waals surface area (Å²) < 4.78 is 40.0. The second kappa shape index (κ2) is 12.7. The highest BCUT2D eigenvalue weighted by Crippen LogP contribution is 2.27. The largest absolute Gasteiger partial charge is 0.744 e. The maximum Gasteiger partial charge on any atom is 0.357 e. The molecule has 0 spiro atoms. The normalized spacial score (nSPS) is 11.0. The van der Waals surface area contributed by atoms with Gasteiger partial charge in [-0.2, -0.15) is 0 Å². The topological polar surface area (TPSA) is 108 Å². The highest BCUT2D eigenvalue weighted by Gasteiger charge is 2.17. The van der Waals surface area contributed by atoms with Crippen molar-refractivity contribution >= 4 is 42.7 Å². The average molecular weight is 673 g/mol. The van der Waals surface area contributed by atoms with Gasteiger partial charge in [0.1, 0.15) is 15.9 Å². The molecule has 0 saturated heterocycles. The zero-order valence-corrected chi connectivity index (χ0v) is 25.1.